The van der Waals surface area contributed by atoms with Crippen molar-refractivity contribution in [1.82, 2.24) is 5.32 Å². The van der Waals surface area contributed by atoms with Crippen LogP contribution in [0.4, 0.5) is 11.4 Å². The Morgan fingerprint density at radius 3 is 2.66 bits per heavy atom. The van der Waals surface area contributed by atoms with Crippen LogP contribution in [0.15, 0.2) is 47.5 Å². The van der Waals surface area contributed by atoms with E-state index < -0.39 is 0 Å². The predicted molar refractivity (Wildman–Crippen MR) is 114 cm³/mol. The SMILES string of the molecule is COCCNCC(=O)Nc1ccc2c(c1)COC(N)=N2.c1ccc2c(c1)CCC2. The molecule has 0 radical (unpaired) electrons. The standard InChI is InChI=1S/C13H18N4O3.C9H10/c1-19-5-4-15-7-12(18)16-10-2-3-11-9(6-10)8-20-13(14)17-11;1-2-5-9-7-3-6-8(9)4-1/h2-3,6,15H,4-5,7-8H2,1H3,(H2,14,17)(H,16,18);1-2,4-5H,3,6-7H2. The Hall–Kier alpha value is -2.90. The van der Waals surface area contributed by atoms with Crippen LogP contribution in [-0.4, -0.2) is 38.7 Å². The molecule has 1 amide bonds. The predicted octanol–water partition coefficient (Wildman–Crippen LogP) is 2.51. The lowest BCUT2D eigenvalue weighted by atomic mass is 10.1. The van der Waals surface area contributed by atoms with Gasteiger partial charge in [0.25, 0.3) is 6.02 Å². The molecule has 7 heteroatoms. The van der Waals surface area contributed by atoms with E-state index in [4.69, 9.17) is 15.2 Å². The van der Waals surface area contributed by atoms with E-state index in [2.05, 4.69) is 39.9 Å². The largest absolute Gasteiger partial charge is 0.460 e. The number of nitrogens with zero attached hydrogens (tertiary/aromatic N) is 1. The van der Waals surface area contributed by atoms with Crippen LogP contribution in [0.25, 0.3) is 0 Å². The summed E-state index contributed by atoms with van der Waals surface area (Å²) < 4.78 is 10.0. The number of hydrogen-bond acceptors (Lipinski definition) is 6. The number of carbonyl (C=O) groups excluding carboxylic acids is 1. The Bertz CT molecular complexity index is 844. The van der Waals surface area contributed by atoms with Gasteiger partial charge in [0, 0.05) is 24.9 Å². The number of aryl methyl sites for hydroxylation is 2. The Kier molecular flexibility index (Phi) is 7.61. The van der Waals surface area contributed by atoms with Gasteiger partial charge in [-0.15, -0.1) is 0 Å². The van der Waals surface area contributed by atoms with Crippen molar-refractivity contribution in [2.75, 3.05) is 32.1 Å². The van der Waals surface area contributed by atoms with Crippen LogP contribution in [0, 0.1) is 0 Å². The summed E-state index contributed by atoms with van der Waals surface area (Å²) in [5.74, 6) is -0.110. The van der Waals surface area contributed by atoms with Crippen LogP contribution in [0.2, 0.25) is 0 Å². The number of methoxy groups -OCH3 is 1. The molecule has 2 aromatic carbocycles. The fourth-order valence-corrected chi connectivity index (χ4v) is 3.29. The molecular formula is C22H28N4O3. The maximum atomic E-state index is 11.7. The summed E-state index contributed by atoms with van der Waals surface area (Å²) >= 11 is 0. The highest BCUT2D eigenvalue weighted by Crippen LogP contribution is 2.26. The molecule has 1 aliphatic heterocycles. The molecule has 0 saturated heterocycles. The molecule has 4 N–H and O–H groups in total. The maximum absolute atomic E-state index is 11.7. The number of rotatable bonds is 6. The minimum absolute atomic E-state index is 0.110. The van der Waals surface area contributed by atoms with Crippen molar-refractivity contribution in [3.63, 3.8) is 0 Å². The van der Waals surface area contributed by atoms with Gasteiger partial charge in [0.05, 0.1) is 18.8 Å². The van der Waals surface area contributed by atoms with Crippen molar-refractivity contribution < 1.29 is 14.3 Å². The minimum Gasteiger partial charge on any atom is -0.460 e. The van der Waals surface area contributed by atoms with Gasteiger partial charge in [-0.1, -0.05) is 24.3 Å². The number of amides is 1. The number of benzene rings is 2. The Balaban J connectivity index is 0.000000220. The minimum atomic E-state index is -0.110. The summed E-state index contributed by atoms with van der Waals surface area (Å²) in [5.41, 5.74) is 11.0. The highest BCUT2D eigenvalue weighted by Gasteiger charge is 2.12. The van der Waals surface area contributed by atoms with Crippen LogP contribution in [0.1, 0.15) is 23.1 Å². The topological polar surface area (TPSA) is 98.0 Å². The van der Waals surface area contributed by atoms with Crippen molar-refractivity contribution in [3.05, 3.63) is 59.2 Å². The molecule has 0 fully saturated rings. The van der Waals surface area contributed by atoms with Crippen molar-refractivity contribution in [2.24, 2.45) is 10.7 Å². The van der Waals surface area contributed by atoms with E-state index >= 15 is 0 Å². The highest BCUT2D eigenvalue weighted by atomic mass is 16.5. The lowest BCUT2D eigenvalue weighted by Crippen LogP contribution is -2.30. The van der Waals surface area contributed by atoms with Crippen LogP contribution in [0.3, 0.4) is 0 Å². The number of nitrogens with two attached hydrogens (primary N) is 1. The number of fused-ring (bicyclic) bond motifs is 2. The van der Waals surface area contributed by atoms with Gasteiger partial charge in [0.2, 0.25) is 5.91 Å². The van der Waals surface area contributed by atoms with E-state index in [1.807, 2.05) is 6.07 Å². The second kappa shape index (κ2) is 10.6. The second-order valence-electron chi connectivity index (χ2n) is 6.92. The third-order valence-electron chi connectivity index (χ3n) is 4.75. The van der Waals surface area contributed by atoms with Crippen LogP contribution in [-0.2, 0) is 33.7 Å². The van der Waals surface area contributed by atoms with Gasteiger partial charge in [-0.2, -0.15) is 4.99 Å². The van der Waals surface area contributed by atoms with E-state index in [-0.39, 0.29) is 18.5 Å². The van der Waals surface area contributed by atoms with Crippen molar-refractivity contribution in [2.45, 2.75) is 25.9 Å². The summed E-state index contributed by atoms with van der Waals surface area (Å²) in [6.07, 6.45) is 3.96. The Morgan fingerprint density at radius 1 is 1.17 bits per heavy atom. The highest BCUT2D eigenvalue weighted by molar-refractivity contribution is 5.92. The molecule has 1 heterocycles. The molecule has 0 atom stereocenters. The number of anilines is 1. The molecule has 4 rings (SSSR count). The van der Waals surface area contributed by atoms with Gasteiger partial charge in [0.1, 0.15) is 6.61 Å². The van der Waals surface area contributed by atoms with Gasteiger partial charge < -0.3 is 25.8 Å². The van der Waals surface area contributed by atoms with E-state index in [0.717, 1.165) is 11.3 Å². The Labute approximate surface area is 171 Å². The average Bonchev–Trinajstić information content (AvgIpc) is 3.21. The zero-order chi connectivity index (χ0) is 20.5. The third kappa shape index (κ3) is 6.30. The van der Waals surface area contributed by atoms with Gasteiger partial charge in [-0.3, -0.25) is 4.79 Å². The van der Waals surface area contributed by atoms with E-state index in [1.54, 1.807) is 30.4 Å². The number of carbonyl (C=O) groups is 1. The fourth-order valence-electron chi connectivity index (χ4n) is 3.29. The average molecular weight is 396 g/mol. The molecule has 0 spiro atoms. The zero-order valence-corrected chi connectivity index (χ0v) is 16.7. The number of aliphatic imine (C=N–C) groups is 1. The van der Waals surface area contributed by atoms with Gasteiger partial charge in [-0.25, -0.2) is 0 Å². The fraction of sp³-hybridized carbons (Fsp3) is 0.364. The number of ether oxygens (including phenoxy) is 2. The molecule has 2 aromatic rings. The first-order valence-corrected chi connectivity index (χ1v) is 9.82. The summed E-state index contributed by atoms with van der Waals surface area (Å²) in [4.78, 5) is 15.8. The van der Waals surface area contributed by atoms with Crippen LogP contribution >= 0.6 is 0 Å². The van der Waals surface area contributed by atoms with Gasteiger partial charge in [0.15, 0.2) is 0 Å². The van der Waals surface area contributed by atoms with Gasteiger partial charge in [-0.05, 0) is 48.6 Å². The first kappa shape index (κ1) is 20.8. The number of hydrogen-bond donors (Lipinski definition) is 3. The summed E-state index contributed by atoms with van der Waals surface area (Å²) in [6.45, 7) is 1.81. The number of amidine groups is 1. The smallest absolute Gasteiger partial charge is 0.287 e. The maximum Gasteiger partial charge on any atom is 0.287 e. The molecular weight excluding hydrogens is 368 g/mol. The van der Waals surface area contributed by atoms with E-state index in [0.29, 0.717) is 25.4 Å². The second-order valence-corrected chi connectivity index (χ2v) is 6.92. The first-order valence-electron chi connectivity index (χ1n) is 9.82. The van der Waals surface area contributed by atoms with E-state index in [1.165, 1.54) is 19.3 Å². The van der Waals surface area contributed by atoms with Crippen molar-refractivity contribution >= 4 is 23.3 Å². The lowest BCUT2D eigenvalue weighted by molar-refractivity contribution is -0.115. The monoisotopic (exact) mass is 396 g/mol. The molecule has 154 valence electrons. The molecule has 1 aliphatic carbocycles. The van der Waals surface area contributed by atoms with Crippen LogP contribution in [0.5, 0.6) is 0 Å². The van der Waals surface area contributed by atoms with Crippen molar-refractivity contribution in [3.8, 4) is 0 Å². The van der Waals surface area contributed by atoms with Gasteiger partial charge >= 0.3 is 0 Å². The molecule has 2 aliphatic rings. The zero-order valence-electron chi connectivity index (χ0n) is 16.7. The molecule has 0 unspecified atom stereocenters. The summed E-state index contributed by atoms with van der Waals surface area (Å²) in [7, 11) is 1.62. The molecule has 29 heavy (non-hydrogen) atoms. The molecule has 7 nitrogen and oxygen atoms in total. The molecule has 0 saturated carbocycles. The molecule has 0 aromatic heterocycles. The lowest BCUT2D eigenvalue weighted by Gasteiger charge is -2.15. The summed E-state index contributed by atoms with van der Waals surface area (Å²) in [6, 6.07) is 14.3. The molecule has 0 bridgehead atoms. The third-order valence-corrected chi connectivity index (χ3v) is 4.75. The van der Waals surface area contributed by atoms with Crippen molar-refractivity contribution in [1.29, 1.82) is 0 Å². The van der Waals surface area contributed by atoms with E-state index in [9.17, 15) is 4.79 Å². The Morgan fingerprint density at radius 2 is 1.93 bits per heavy atom. The number of nitrogens with one attached hydrogen (secondary N) is 2. The quantitative estimate of drug-likeness (QED) is 0.652. The first-order chi connectivity index (χ1) is 14.2. The van der Waals surface area contributed by atoms with Crippen LogP contribution < -0.4 is 16.4 Å². The summed E-state index contributed by atoms with van der Waals surface area (Å²) in [5, 5.41) is 5.78. The normalized spacial score (nSPS) is 13.9.